The molecule has 0 bridgehead atoms. The number of carbonyl (C=O) groups is 1. The fourth-order valence-electron chi connectivity index (χ4n) is 4.34. The fraction of sp³-hybridized carbons (Fsp3) is 0.545. The number of H-pyrrole nitrogens is 1. The number of nitrogens with zero attached hydrogens (tertiary/aromatic N) is 2. The molecule has 2 N–H and O–H groups in total. The van der Waals surface area contributed by atoms with E-state index in [0.29, 0.717) is 25.7 Å². The number of hydrogen-bond acceptors (Lipinski definition) is 3. The molecule has 1 aliphatic carbocycles. The third-order valence-corrected chi connectivity index (χ3v) is 6.06. The van der Waals surface area contributed by atoms with Crippen LogP contribution in [0, 0.1) is 6.92 Å². The average molecular weight is 383 g/mol. The van der Waals surface area contributed by atoms with Crippen LogP contribution in [0.4, 0.5) is 4.79 Å². The van der Waals surface area contributed by atoms with Crippen LogP contribution in [-0.2, 0) is 6.54 Å². The van der Waals surface area contributed by atoms with Crippen LogP contribution in [0.3, 0.4) is 0 Å². The molecular weight excluding hydrogens is 352 g/mol. The van der Waals surface area contributed by atoms with E-state index in [1.165, 1.54) is 19.3 Å². The molecule has 2 aliphatic rings. The van der Waals surface area contributed by atoms with Gasteiger partial charge in [0.2, 0.25) is 0 Å². The van der Waals surface area contributed by atoms with E-state index in [1.54, 1.807) is 0 Å². The van der Waals surface area contributed by atoms with Crippen LogP contribution < -0.4 is 10.9 Å². The molecule has 1 aliphatic heterocycles. The molecule has 1 saturated heterocycles. The summed E-state index contributed by atoms with van der Waals surface area (Å²) >= 11 is 0. The first-order chi connectivity index (χ1) is 13.6. The maximum Gasteiger partial charge on any atom is 0.317 e. The predicted octanol–water partition coefficient (Wildman–Crippen LogP) is 3.00. The number of benzene rings is 1. The Morgan fingerprint density at radius 1 is 1.11 bits per heavy atom. The zero-order valence-corrected chi connectivity index (χ0v) is 16.7. The van der Waals surface area contributed by atoms with Crippen molar-refractivity contribution in [1.82, 2.24) is 20.1 Å². The third kappa shape index (κ3) is 4.38. The Hall–Kier alpha value is -2.34. The van der Waals surface area contributed by atoms with Crippen LogP contribution >= 0.6 is 0 Å². The first-order valence-corrected chi connectivity index (χ1v) is 10.5. The van der Waals surface area contributed by atoms with E-state index in [-0.39, 0.29) is 11.6 Å². The zero-order chi connectivity index (χ0) is 19.5. The van der Waals surface area contributed by atoms with Crippen molar-refractivity contribution >= 4 is 16.9 Å². The van der Waals surface area contributed by atoms with E-state index in [9.17, 15) is 9.59 Å². The number of rotatable bonds is 3. The highest BCUT2D eigenvalue weighted by Gasteiger charge is 2.24. The van der Waals surface area contributed by atoms with Crippen LogP contribution in [0.25, 0.3) is 10.9 Å². The Morgan fingerprint density at radius 2 is 1.86 bits per heavy atom. The number of nitrogens with one attached hydrogen (secondary N) is 2. The van der Waals surface area contributed by atoms with Crippen molar-refractivity contribution in [3.8, 4) is 0 Å². The largest absolute Gasteiger partial charge is 0.335 e. The molecular formula is C22H30N4O2. The number of fused-ring (bicyclic) bond motifs is 1. The fourth-order valence-corrected chi connectivity index (χ4v) is 4.34. The second-order valence-electron chi connectivity index (χ2n) is 8.26. The number of hydrogen-bond donors (Lipinski definition) is 2. The van der Waals surface area contributed by atoms with Gasteiger partial charge < -0.3 is 15.2 Å². The lowest BCUT2D eigenvalue weighted by atomic mass is 9.96. The van der Waals surface area contributed by atoms with Crippen molar-refractivity contribution in [2.75, 3.05) is 26.2 Å². The summed E-state index contributed by atoms with van der Waals surface area (Å²) in [5.41, 5.74) is 2.79. The van der Waals surface area contributed by atoms with Crippen LogP contribution in [0.15, 0.2) is 29.1 Å². The lowest BCUT2D eigenvalue weighted by molar-refractivity contribution is 0.131. The molecule has 1 aromatic carbocycles. The number of aryl methyl sites for hydroxylation is 1. The van der Waals surface area contributed by atoms with Crippen LogP contribution in [-0.4, -0.2) is 53.0 Å². The monoisotopic (exact) mass is 382 g/mol. The first kappa shape index (κ1) is 19.0. The number of piperazine rings is 1. The maximum atomic E-state index is 12.5. The van der Waals surface area contributed by atoms with Crippen molar-refractivity contribution in [3.63, 3.8) is 0 Å². The molecule has 1 aromatic heterocycles. The third-order valence-electron chi connectivity index (χ3n) is 6.06. The van der Waals surface area contributed by atoms with Gasteiger partial charge in [-0.25, -0.2) is 4.79 Å². The minimum Gasteiger partial charge on any atom is -0.335 e. The van der Waals surface area contributed by atoms with Crippen LogP contribution in [0.2, 0.25) is 0 Å². The van der Waals surface area contributed by atoms with E-state index >= 15 is 0 Å². The zero-order valence-electron chi connectivity index (χ0n) is 16.7. The molecule has 2 aromatic rings. The second-order valence-corrected chi connectivity index (χ2v) is 8.26. The number of aromatic amines is 1. The van der Waals surface area contributed by atoms with Gasteiger partial charge in [-0.05, 0) is 42.8 Å². The normalized spacial score (nSPS) is 19.1. The van der Waals surface area contributed by atoms with Crippen molar-refractivity contribution in [2.45, 2.75) is 51.6 Å². The Kier molecular flexibility index (Phi) is 5.67. The number of pyridine rings is 1. The smallest absolute Gasteiger partial charge is 0.317 e. The summed E-state index contributed by atoms with van der Waals surface area (Å²) in [4.78, 5) is 32.1. The van der Waals surface area contributed by atoms with Crippen molar-refractivity contribution < 1.29 is 4.79 Å². The van der Waals surface area contributed by atoms with Gasteiger partial charge in [0, 0.05) is 49.8 Å². The highest BCUT2D eigenvalue weighted by atomic mass is 16.2. The highest BCUT2D eigenvalue weighted by molar-refractivity contribution is 5.79. The van der Waals surface area contributed by atoms with Crippen LogP contribution in [0.1, 0.15) is 43.2 Å². The maximum absolute atomic E-state index is 12.5. The Labute approximate surface area is 165 Å². The predicted molar refractivity (Wildman–Crippen MR) is 112 cm³/mol. The van der Waals surface area contributed by atoms with E-state index in [1.807, 2.05) is 24.0 Å². The first-order valence-electron chi connectivity index (χ1n) is 10.5. The molecule has 6 heteroatoms. The van der Waals surface area contributed by atoms with Crippen LogP contribution in [0.5, 0.6) is 0 Å². The number of urea groups is 1. The summed E-state index contributed by atoms with van der Waals surface area (Å²) in [6, 6.07) is 8.54. The summed E-state index contributed by atoms with van der Waals surface area (Å²) in [6.07, 6.45) is 5.95. The molecule has 0 radical (unpaired) electrons. The van der Waals surface area contributed by atoms with E-state index in [0.717, 1.165) is 48.0 Å². The van der Waals surface area contributed by atoms with Gasteiger partial charge in [0.1, 0.15) is 0 Å². The van der Waals surface area contributed by atoms with Gasteiger partial charge in [-0.15, -0.1) is 0 Å². The molecule has 0 unspecified atom stereocenters. The van der Waals surface area contributed by atoms with Crippen molar-refractivity contribution in [1.29, 1.82) is 0 Å². The molecule has 2 fully saturated rings. The highest BCUT2D eigenvalue weighted by Crippen LogP contribution is 2.18. The van der Waals surface area contributed by atoms with Gasteiger partial charge in [-0.1, -0.05) is 31.4 Å². The molecule has 6 nitrogen and oxygen atoms in total. The van der Waals surface area contributed by atoms with Gasteiger partial charge in [0.15, 0.2) is 0 Å². The topological polar surface area (TPSA) is 68.4 Å². The standard InChI is InChI=1S/C22H30N4O2/c1-16-7-8-17-14-18(21(27)24-20(17)13-16)15-25-9-11-26(12-10-25)22(28)23-19-5-3-2-4-6-19/h7-8,13-14,19H,2-6,9-12,15H2,1H3,(H,23,28)(H,24,27). The average Bonchev–Trinajstić information content (AvgIpc) is 2.70. The Balaban J connectivity index is 1.33. The summed E-state index contributed by atoms with van der Waals surface area (Å²) in [5.74, 6) is 0. The molecule has 2 amide bonds. The number of amides is 2. The SMILES string of the molecule is Cc1ccc2cc(CN3CCN(C(=O)NC4CCCCC4)CC3)c(=O)[nH]c2c1. The Bertz CT molecular complexity index is 893. The summed E-state index contributed by atoms with van der Waals surface area (Å²) < 4.78 is 0. The molecule has 1 saturated carbocycles. The van der Waals surface area contributed by atoms with Gasteiger partial charge in [0.25, 0.3) is 5.56 Å². The molecule has 2 heterocycles. The van der Waals surface area contributed by atoms with E-state index < -0.39 is 0 Å². The summed E-state index contributed by atoms with van der Waals surface area (Å²) in [7, 11) is 0. The summed E-state index contributed by atoms with van der Waals surface area (Å²) in [5, 5.41) is 4.26. The molecule has 28 heavy (non-hydrogen) atoms. The van der Waals surface area contributed by atoms with E-state index in [2.05, 4.69) is 27.3 Å². The van der Waals surface area contributed by atoms with Crippen molar-refractivity contribution in [3.05, 3.63) is 45.7 Å². The lowest BCUT2D eigenvalue weighted by Crippen LogP contribution is -2.53. The molecule has 0 spiro atoms. The van der Waals surface area contributed by atoms with E-state index in [4.69, 9.17) is 0 Å². The van der Waals surface area contributed by atoms with Gasteiger partial charge in [-0.2, -0.15) is 0 Å². The minimum absolute atomic E-state index is 0.0180. The second kappa shape index (κ2) is 8.35. The van der Waals surface area contributed by atoms with Gasteiger partial charge in [-0.3, -0.25) is 9.69 Å². The van der Waals surface area contributed by atoms with Gasteiger partial charge >= 0.3 is 6.03 Å². The molecule has 150 valence electrons. The minimum atomic E-state index is -0.0180. The molecule has 4 rings (SSSR count). The molecule has 0 atom stereocenters. The summed E-state index contributed by atoms with van der Waals surface area (Å²) in [6.45, 7) is 5.66. The van der Waals surface area contributed by atoms with Gasteiger partial charge in [0.05, 0.1) is 0 Å². The lowest BCUT2D eigenvalue weighted by Gasteiger charge is -2.36. The quantitative estimate of drug-likeness (QED) is 0.857. The number of aromatic nitrogens is 1. The van der Waals surface area contributed by atoms with Crippen molar-refractivity contribution in [2.24, 2.45) is 0 Å². The number of carbonyl (C=O) groups excluding carboxylic acids is 1. The Morgan fingerprint density at radius 3 is 2.61 bits per heavy atom.